The van der Waals surface area contributed by atoms with Gasteiger partial charge in [-0.3, -0.25) is 9.59 Å². The fraction of sp³-hybridized carbons (Fsp3) is 0.200. The standard InChI is InChI=1S/C15H17N5O2/c1-11(21)16-15-14(13(22)9-10-19(2)3)17-20(18-15)12-7-5-4-6-8-12/h4-10H,1-3H3,(H,16,18,21)/b10-9+. The monoisotopic (exact) mass is 299 g/mol. The van der Waals surface area contributed by atoms with Crippen molar-refractivity contribution in [1.29, 1.82) is 0 Å². The lowest BCUT2D eigenvalue weighted by Gasteiger charge is -2.02. The van der Waals surface area contributed by atoms with Crippen LogP contribution in [0.3, 0.4) is 0 Å². The molecule has 0 bridgehead atoms. The largest absolute Gasteiger partial charge is 0.383 e. The molecule has 0 radical (unpaired) electrons. The van der Waals surface area contributed by atoms with Crippen LogP contribution in [0.15, 0.2) is 42.6 Å². The van der Waals surface area contributed by atoms with Crippen molar-refractivity contribution in [2.24, 2.45) is 0 Å². The van der Waals surface area contributed by atoms with E-state index in [4.69, 9.17) is 0 Å². The number of nitrogens with zero attached hydrogens (tertiary/aromatic N) is 4. The van der Waals surface area contributed by atoms with E-state index < -0.39 is 0 Å². The number of nitrogens with one attached hydrogen (secondary N) is 1. The molecule has 1 amide bonds. The zero-order valence-electron chi connectivity index (χ0n) is 12.6. The third-order valence-corrected chi connectivity index (χ3v) is 2.65. The van der Waals surface area contributed by atoms with Crippen molar-refractivity contribution in [3.8, 4) is 5.69 Å². The van der Waals surface area contributed by atoms with Crippen molar-refractivity contribution >= 4 is 17.5 Å². The number of allylic oxidation sites excluding steroid dienone is 1. The Kier molecular flexibility index (Phi) is 4.67. The van der Waals surface area contributed by atoms with Gasteiger partial charge in [0.1, 0.15) is 0 Å². The highest BCUT2D eigenvalue weighted by molar-refractivity contribution is 6.08. The topological polar surface area (TPSA) is 80.1 Å². The smallest absolute Gasteiger partial charge is 0.222 e. The molecule has 1 aromatic heterocycles. The summed E-state index contributed by atoms with van der Waals surface area (Å²) in [4.78, 5) is 26.5. The highest BCUT2D eigenvalue weighted by Gasteiger charge is 2.18. The molecule has 0 saturated carbocycles. The lowest BCUT2D eigenvalue weighted by molar-refractivity contribution is -0.114. The molecule has 7 heteroatoms. The third kappa shape index (κ3) is 3.78. The zero-order valence-corrected chi connectivity index (χ0v) is 12.6. The molecule has 0 aliphatic heterocycles. The van der Waals surface area contributed by atoms with Gasteiger partial charge in [-0.25, -0.2) is 0 Å². The summed E-state index contributed by atoms with van der Waals surface area (Å²) in [5.74, 6) is -0.504. The van der Waals surface area contributed by atoms with Crippen molar-refractivity contribution in [2.75, 3.05) is 19.4 Å². The SMILES string of the molecule is CC(=O)Nc1nn(-c2ccccc2)nc1C(=O)/C=C/N(C)C. The summed E-state index contributed by atoms with van der Waals surface area (Å²) in [6.07, 6.45) is 2.99. The van der Waals surface area contributed by atoms with E-state index in [0.717, 1.165) is 0 Å². The lowest BCUT2D eigenvalue weighted by Crippen LogP contribution is -2.10. The van der Waals surface area contributed by atoms with Crippen molar-refractivity contribution < 1.29 is 9.59 Å². The van der Waals surface area contributed by atoms with E-state index in [1.807, 2.05) is 30.3 Å². The van der Waals surface area contributed by atoms with Gasteiger partial charge in [-0.1, -0.05) is 18.2 Å². The van der Waals surface area contributed by atoms with Crippen LogP contribution in [-0.4, -0.2) is 45.7 Å². The molecule has 0 atom stereocenters. The number of amides is 1. The first-order valence-electron chi connectivity index (χ1n) is 6.66. The molecular weight excluding hydrogens is 282 g/mol. The highest BCUT2D eigenvalue weighted by atomic mass is 16.1. The third-order valence-electron chi connectivity index (χ3n) is 2.65. The Morgan fingerprint density at radius 1 is 1.18 bits per heavy atom. The molecule has 0 fully saturated rings. The first-order valence-corrected chi connectivity index (χ1v) is 6.66. The number of benzene rings is 1. The van der Waals surface area contributed by atoms with Gasteiger partial charge in [-0.05, 0) is 12.1 Å². The van der Waals surface area contributed by atoms with Crippen LogP contribution >= 0.6 is 0 Å². The lowest BCUT2D eigenvalue weighted by atomic mass is 10.3. The Labute approximate surface area is 128 Å². The van der Waals surface area contributed by atoms with Gasteiger partial charge in [-0.15, -0.1) is 15.0 Å². The van der Waals surface area contributed by atoms with Crippen LogP contribution in [0, 0.1) is 0 Å². The fourth-order valence-corrected chi connectivity index (χ4v) is 1.70. The Bertz CT molecular complexity index is 704. The van der Waals surface area contributed by atoms with E-state index in [0.29, 0.717) is 5.69 Å². The summed E-state index contributed by atoms with van der Waals surface area (Å²) in [5.41, 5.74) is 0.793. The average Bonchev–Trinajstić information content (AvgIpc) is 2.89. The number of anilines is 1. The molecule has 0 aliphatic rings. The van der Waals surface area contributed by atoms with Crippen LogP contribution in [0.4, 0.5) is 5.82 Å². The number of carbonyl (C=O) groups excluding carboxylic acids is 2. The maximum atomic E-state index is 12.2. The van der Waals surface area contributed by atoms with E-state index in [1.54, 1.807) is 25.2 Å². The van der Waals surface area contributed by atoms with Crippen LogP contribution in [0.2, 0.25) is 0 Å². The molecule has 22 heavy (non-hydrogen) atoms. The van der Waals surface area contributed by atoms with E-state index in [1.165, 1.54) is 17.8 Å². The Morgan fingerprint density at radius 2 is 1.86 bits per heavy atom. The molecule has 1 aromatic carbocycles. The normalized spacial score (nSPS) is 10.7. The van der Waals surface area contributed by atoms with Gasteiger partial charge in [0.15, 0.2) is 11.5 Å². The Hall–Kier alpha value is -2.96. The molecular formula is C15H17N5O2. The summed E-state index contributed by atoms with van der Waals surface area (Å²) in [7, 11) is 3.61. The first kappa shape index (κ1) is 15.4. The van der Waals surface area contributed by atoms with E-state index in [2.05, 4.69) is 15.5 Å². The van der Waals surface area contributed by atoms with Crippen LogP contribution in [0.1, 0.15) is 17.4 Å². The number of aromatic nitrogens is 3. The summed E-state index contributed by atoms with van der Waals surface area (Å²) in [6.45, 7) is 1.35. The summed E-state index contributed by atoms with van der Waals surface area (Å²) in [6, 6.07) is 9.16. The molecule has 0 aliphatic carbocycles. The molecule has 0 unspecified atom stereocenters. The van der Waals surface area contributed by atoms with Crippen molar-refractivity contribution in [2.45, 2.75) is 6.92 Å². The van der Waals surface area contributed by atoms with Crippen LogP contribution in [0.5, 0.6) is 0 Å². The van der Waals surface area contributed by atoms with E-state index in [-0.39, 0.29) is 23.2 Å². The molecule has 2 aromatic rings. The van der Waals surface area contributed by atoms with E-state index in [9.17, 15) is 9.59 Å². The second kappa shape index (κ2) is 6.66. The van der Waals surface area contributed by atoms with Gasteiger partial charge in [0.25, 0.3) is 0 Å². The van der Waals surface area contributed by atoms with Gasteiger partial charge in [-0.2, -0.15) is 0 Å². The number of rotatable bonds is 5. The quantitative estimate of drug-likeness (QED) is 0.668. The summed E-state index contributed by atoms with van der Waals surface area (Å²) < 4.78 is 0. The maximum absolute atomic E-state index is 12.2. The van der Waals surface area contributed by atoms with Crippen LogP contribution in [-0.2, 0) is 4.79 Å². The second-order valence-corrected chi connectivity index (χ2v) is 4.85. The molecule has 0 spiro atoms. The minimum absolute atomic E-state index is 0.0946. The van der Waals surface area contributed by atoms with Crippen molar-refractivity contribution in [3.05, 3.63) is 48.3 Å². The second-order valence-electron chi connectivity index (χ2n) is 4.85. The van der Waals surface area contributed by atoms with Crippen molar-refractivity contribution in [1.82, 2.24) is 19.9 Å². The van der Waals surface area contributed by atoms with Crippen LogP contribution < -0.4 is 5.32 Å². The number of para-hydroxylation sites is 1. The molecule has 0 saturated heterocycles. The van der Waals surface area contributed by atoms with Gasteiger partial charge >= 0.3 is 0 Å². The predicted octanol–water partition coefficient (Wildman–Crippen LogP) is 1.48. The fourth-order valence-electron chi connectivity index (χ4n) is 1.70. The minimum Gasteiger partial charge on any atom is -0.383 e. The maximum Gasteiger partial charge on any atom is 0.222 e. The highest BCUT2D eigenvalue weighted by Crippen LogP contribution is 2.14. The predicted molar refractivity (Wildman–Crippen MR) is 82.8 cm³/mol. The Morgan fingerprint density at radius 3 is 2.45 bits per heavy atom. The van der Waals surface area contributed by atoms with Gasteiger partial charge in [0.2, 0.25) is 11.7 Å². The number of hydrogen-bond donors (Lipinski definition) is 1. The Balaban J connectivity index is 2.40. The molecule has 7 nitrogen and oxygen atoms in total. The molecule has 1 heterocycles. The minimum atomic E-state index is -0.334. The number of hydrogen-bond acceptors (Lipinski definition) is 5. The zero-order chi connectivity index (χ0) is 16.1. The van der Waals surface area contributed by atoms with Gasteiger partial charge < -0.3 is 10.2 Å². The molecule has 1 N–H and O–H groups in total. The van der Waals surface area contributed by atoms with Crippen molar-refractivity contribution in [3.63, 3.8) is 0 Å². The molecule has 2 rings (SSSR count). The summed E-state index contributed by atoms with van der Waals surface area (Å²) >= 11 is 0. The molecule has 114 valence electrons. The number of carbonyl (C=O) groups is 2. The van der Waals surface area contributed by atoms with Gasteiger partial charge in [0.05, 0.1) is 5.69 Å². The number of ketones is 1. The average molecular weight is 299 g/mol. The first-order chi connectivity index (χ1) is 10.5. The van der Waals surface area contributed by atoms with Crippen LogP contribution in [0.25, 0.3) is 5.69 Å². The summed E-state index contributed by atoms with van der Waals surface area (Å²) in [5, 5.41) is 10.9. The van der Waals surface area contributed by atoms with E-state index >= 15 is 0 Å². The van der Waals surface area contributed by atoms with Gasteiger partial charge in [0, 0.05) is 33.3 Å².